The number of aliphatic carboxylic acids is 1. The number of benzene rings is 1. The van der Waals surface area contributed by atoms with Crippen molar-refractivity contribution in [1.29, 1.82) is 0 Å². The minimum absolute atomic E-state index is 0.0527. The molecule has 1 atom stereocenters. The standard InChI is InChI=1S/C13H15ClN2O5/c14-11-2-1-3-12(16(19)20)10(11)7-15-4-5-21-8-9(15)6-13(17)18/h1-3,9H,4-8H2,(H,17,18). The van der Waals surface area contributed by atoms with Crippen molar-refractivity contribution in [3.05, 3.63) is 38.9 Å². The van der Waals surface area contributed by atoms with E-state index in [0.29, 0.717) is 30.3 Å². The summed E-state index contributed by atoms with van der Waals surface area (Å²) in [6, 6.07) is 4.20. The molecule has 0 spiro atoms. The van der Waals surface area contributed by atoms with E-state index in [1.54, 1.807) is 6.07 Å². The van der Waals surface area contributed by atoms with Gasteiger partial charge in [0.15, 0.2) is 0 Å². The molecule has 1 saturated heterocycles. The van der Waals surface area contributed by atoms with Crippen molar-refractivity contribution in [1.82, 2.24) is 4.90 Å². The van der Waals surface area contributed by atoms with Crippen LogP contribution in [0.3, 0.4) is 0 Å². The number of nitro benzene ring substituents is 1. The Hall–Kier alpha value is -1.70. The second-order valence-corrected chi connectivity index (χ2v) is 5.20. The monoisotopic (exact) mass is 314 g/mol. The SMILES string of the molecule is O=C(O)CC1COCCN1Cc1c(Cl)cccc1[N+](=O)[O-]. The number of carbonyl (C=O) groups is 1. The second-order valence-electron chi connectivity index (χ2n) is 4.79. The summed E-state index contributed by atoms with van der Waals surface area (Å²) in [6.07, 6.45) is -0.0712. The number of rotatable bonds is 5. The summed E-state index contributed by atoms with van der Waals surface area (Å²) >= 11 is 6.07. The van der Waals surface area contributed by atoms with Gasteiger partial charge in [0.2, 0.25) is 0 Å². The van der Waals surface area contributed by atoms with Crippen molar-refractivity contribution in [2.24, 2.45) is 0 Å². The van der Waals surface area contributed by atoms with Crippen LogP contribution in [0.5, 0.6) is 0 Å². The number of nitro groups is 1. The Morgan fingerprint density at radius 3 is 3.00 bits per heavy atom. The number of nitrogens with zero attached hydrogens (tertiary/aromatic N) is 2. The molecule has 0 amide bonds. The van der Waals surface area contributed by atoms with Crippen molar-refractivity contribution in [2.45, 2.75) is 19.0 Å². The quantitative estimate of drug-likeness (QED) is 0.659. The molecule has 1 aromatic carbocycles. The lowest BCUT2D eigenvalue weighted by Crippen LogP contribution is -2.46. The van der Waals surface area contributed by atoms with Crippen LogP contribution < -0.4 is 0 Å². The Balaban J connectivity index is 2.23. The van der Waals surface area contributed by atoms with Crippen molar-refractivity contribution in [3.8, 4) is 0 Å². The largest absolute Gasteiger partial charge is 0.481 e. The molecule has 1 fully saturated rings. The minimum atomic E-state index is -0.927. The number of morpholine rings is 1. The first kappa shape index (κ1) is 15.7. The van der Waals surface area contributed by atoms with E-state index >= 15 is 0 Å². The third-order valence-corrected chi connectivity index (χ3v) is 3.77. The molecular weight excluding hydrogens is 300 g/mol. The fourth-order valence-corrected chi connectivity index (χ4v) is 2.59. The molecule has 2 rings (SSSR count). The van der Waals surface area contributed by atoms with E-state index in [-0.39, 0.29) is 24.7 Å². The average molecular weight is 315 g/mol. The lowest BCUT2D eigenvalue weighted by atomic mass is 10.1. The van der Waals surface area contributed by atoms with Gasteiger partial charge < -0.3 is 9.84 Å². The summed E-state index contributed by atoms with van der Waals surface area (Å²) in [6.45, 7) is 1.51. The van der Waals surface area contributed by atoms with Gasteiger partial charge in [-0.05, 0) is 6.07 Å². The van der Waals surface area contributed by atoms with Crippen LogP contribution in [0, 0.1) is 10.1 Å². The highest BCUT2D eigenvalue weighted by molar-refractivity contribution is 6.31. The molecule has 1 aliphatic rings. The van der Waals surface area contributed by atoms with E-state index in [4.69, 9.17) is 21.4 Å². The molecule has 1 unspecified atom stereocenters. The highest BCUT2D eigenvalue weighted by Gasteiger charge is 2.28. The van der Waals surface area contributed by atoms with Crippen molar-refractivity contribution in [3.63, 3.8) is 0 Å². The molecule has 1 heterocycles. The predicted octanol–water partition coefficient (Wildman–Crippen LogP) is 1.92. The maximum atomic E-state index is 11.1. The third kappa shape index (κ3) is 3.90. The van der Waals surface area contributed by atoms with E-state index in [1.165, 1.54) is 12.1 Å². The maximum absolute atomic E-state index is 11.1. The average Bonchev–Trinajstić information content (AvgIpc) is 2.42. The zero-order chi connectivity index (χ0) is 15.4. The lowest BCUT2D eigenvalue weighted by molar-refractivity contribution is -0.385. The van der Waals surface area contributed by atoms with Gasteiger partial charge >= 0.3 is 5.97 Å². The molecular formula is C13H15ClN2O5. The van der Waals surface area contributed by atoms with Crippen molar-refractivity contribution < 1.29 is 19.6 Å². The van der Waals surface area contributed by atoms with Crippen LogP contribution in [0.15, 0.2) is 18.2 Å². The Labute approximate surface area is 126 Å². The van der Waals surface area contributed by atoms with Crippen LogP contribution in [-0.4, -0.2) is 46.7 Å². The first-order chi connectivity index (χ1) is 9.99. The zero-order valence-corrected chi connectivity index (χ0v) is 12.0. The number of ether oxygens (including phenoxy) is 1. The minimum Gasteiger partial charge on any atom is -0.481 e. The number of hydrogen-bond acceptors (Lipinski definition) is 5. The maximum Gasteiger partial charge on any atom is 0.305 e. The highest BCUT2D eigenvalue weighted by atomic mass is 35.5. The molecule has 8 heteroatoms. The van der Waals surface area contributed by atoms with E-state index in [9.17, 15) is 14.9 Å². The molecule has 7 nitrogen and oxygen atoms in total. The van der Waals surface area contributed by atoms with Gasteiger partial charge in [-0.3, -0.25) is 19.8 Å². The van der Waals surface area contributed by atoms with E-state index < -0.39 is 10.9 Å². The molecule has 0 saturated carbocycles. The van der Waals surface area contributed by atoms with Gasteiger partial charge in [-0.1, -0.05) is 17.7 Å². The van der Waals surface area contributed by atoms with Crippen LogP contribution in [0.4, 0.5) is 5.69 Å². The number of halogens is 1. The summed E-state index contributed by atoms with van der Waals surface area (Å²) in [4.78, 5) is 23.4. The Bertz CT molecular complexity index is 551. The van der Waals surface area contributed by atoms with Crippen LogP contribution in [0.2, 0.25) is 5.02 Å². The lowest BCUT2D eigenvalue weighted by Gasteiger charge is -2.34. The van der Waals surface area contributed by atoms with Crippen molar-refractivity contribution in [2.75, 3.05) is 19.8 Å². The normalized spacial score (nSPS) is 19.4. The molecule has 1 aromatic rings. The summed E-state index contributed by atoms with van der Waals surface area (Å²) < 4.78 is 5.29. The molecule has 1 aliphatic heterocycles. The molecule has 0 aromatic heterocycles. The first-order valence-corrected chi connectivity index (χ1v) is 6.82. The topological polar surface area (TPSA) is 92.9 Å². The van der Waals surface area contributed by atoms with Gasteiger partial charge in [0.05, 0.1) is 35.1 Å². The van der Waals surface area contributed by atoms with Gasteiger partial charge in [0.1, 0.15) is 0 Å². The first-order valence-electron chi connectivity index (χ1n) is 6.44. The zero-order valence-electron chi connectivity index (χ0n) is 11.2. The highest BCUT2D eigenvalue weighted by Crippen LogP contribution is 2.29. The molecule has 0 radical (unpaired) electrons. The van der Waals surface area contributed by atoms with E-state index in [2.05, 4.69) is 0 Å². The van der Waals surface area contributed by atoms with Crippen molar-refractivity contribution >= 4 is 23.3 Å². The van der Waals surface area contributed by atoms with Crippen LogP contribution in [0.25, 0.3) is 0 Å². The summed E-state index contributed by atoms with van der Waals surface area (Å²) in [5.74, 6) is -0.927. The Morgan fingerprint density at radius 2 is 2.33 bits per heavy atom. The van der Waals surface area contributed by atoms with Crippen LogP contribution >= 0.6 is 11.6 Å². The molecule has 21 heavy (non-hydrogen) atoms. The second kappa shape index (κ2) is 6.84. The number of hydrogen-bond donors (Lipinski definition) is 1. The fourth-order valence-electron chi connectivity index (χ4n) is 2.36. The summed E-state index contributed by atoms with van der Waals surface area (Å²) in [5.41, 5.74) is 0.351. The summed E-state index contributed by atoms with van der Waals surface area (Å²) in [5, 5.41) is 20.3. The van der Waals surface area contributed by atoms with Gasteiger partial charge in [-0.25, -0.2) is 0 Å². The van der Waals surface area contributed by atoms with Gasteiger partial charge in [0.25, 0.3) is 5.69 Å². The Morgan fingerprint density at radius 1 is 1.57 bits per heavy atom. The molecule has 0 aliphatic carbocycles. The van der Waals surface area contributed by atoms with Crippen LogP contribution in [0.1, 0.15) is 12.0 Å². The van der Waals surface area contributed by atoms with E-state index in [0.717, 1.165) is 0 Å². The van der Waals surface area contributed by atoms with Gasteiger partial charge in [-0.15, -0.1) is 0 Å². The van der Waals surface area contributed by atoms with E-state index in [1.807, 2.05) is 4.90 Å². The summed E-state index contributed by atoms with van der Waals surface area (Å²) in [7, 11) is 0. The fraction of sp³-hybridized carbons (Fsp3) is 0.462. The van der Waals surface area contributed by atoms with Gasteiger partial charge in [-0.2, -0.15) is 0 Å². The number of carboxylic acid groups (broad SMARTS) is 1. The molecule has 1 N–H and O–H groups in total. The third-order valence-electron chi connectivity index (χ3n) is 3.41. The molecule has 114 valence electrons. The van der Waals surface area contributed by atoms with Gasteiger partial charge in [0, 0.05) is 25.2 Å². The molecule has 0 bridgehead atoms. The Kier molecular flexibility index (Phi) is 5.11. The smallest absolute Gasteiger partial charge is 0.305 e. The number of carboxylic acids is 1. The predicted molar refractivity (Wildman–Crippen MR) is 75.4 cm³/mol. The van der Waals surface area contributed by atoms with Crippen LogP contribution in [-0.2, 0) is 16.1 Å².